The third kappa shape index (κ3) is 9.62. The Bertz CT molecular complexity index is 2620. The normalized spacial score (nSPS) is 11.5. The first kappa shape index (κ1) is 40.1. The van der Waals surface area contributed by atoms with Crippen LogP contribution in [0.25, 0.3) is 0 Å². The number of rotatable bonds is 10. The van der Waals surface area contributed by atoms with E-state index in [4.69, 9.17) is 9.47 Å². The van der Waals surface area contributed by atoms with E-state index in [1.54, 1.807) is 36.4 Å². The zero-order chi connectivity index (χ0) is 40.8. The highest BCUT2D eigenvalue weighted by atomic mass is 32.2. The second-order valence-corrected chi connectivity index (χ2v) is 18.3. The van der Waals surface area contributed by atoms with Gasteiger partial charge in [-0.1, -0.05) is 23.8 Å². The Hall–Kier alpha value is -6.61. The molecule has 11 nitrogen and oxygen atoms in total. The van der Waals surface area contributed by atoms with Crippen molar-refractivity contribution in [2.75, 3.05) is 0 Å². The van der Waals surface area contributed by atoms with Crippen LogP contribution in [0.5, 0.6) is 40.2 Å². The van der Waals surface area contributed by atoms with Crippen molar-refractivity contribution in [3.8, 4) is 40.2 Å². The van der Waals surface area contributed by atoms with Crippen molar-refractivity contribution in [2.45, 2.75) is 36.3 Å². The average molecular weight is 823 g/mol. The minimum Gasteiger partial charge on any atom is -0.508 e. The van der Waals surface area contributed by atoms with Crippen molar-refractivity contribution in [3.63, 3.8) is 0 Å². The van der Waals surface area contributed by atoms with Gasteiger partial charge in [-0.05, 0) is 159 Å². The molecule has 0 saturated heterocycles. The summed E-state index contributed by atoms with van der Waals surface area (Å²) < 4.78 is 88.1. The highest BCUT2D eigenvalue weighted by Crippen LogP contribution is 2.30. The fourth-order valence-corrected chi connectivity index (χ4v) is 9.18. The molecule has 7 rings (SSSR count). The first-order chi connectivity index (χ1) is 27.1. The van der Waals surface area contributed by atoms with Gasteiger partial charge in [-0.25, -0.2) is 25.3 Å². The minimum atomic E-state index is -3.94. The molecule has 0 fully saturated rings. The molecule has 0 aliphatic heterocycles. The lowest BCUT2D eigenvalue weighted by atomic mass is 10.2. The Morgan fingerprint density at radius 2 is 0.579 bits per heavy atom. The SMILES string of the molecule is Cc1ccc(Oc2ccc(S(=O)(=O)c3ccc(Oc4ccc(O)cc4)cc3)cc2)cc1.O=S(=O)(c1ccc(O)cc1)c1cccc(S(=O)(=O)c2ccc(O)cc2)c1. The number of hydrogen-bond acceptors (Lipinski definition) is 11. The lowest BCUT2D eigenvalue weighted by molar-refractivity contribution is 0.464. The molecule has 0 unspecified atom stereocenters. The van der Waals surface area contributed by atoms with Crippen LogP contribution in [-0.4, -0.2) is 40.6 Å². The van der Waals surface area contributed by atoms with Crippen LogP contribution < -0.4 is 9.47 Å². The molecular weight excluding hydrogens is 789 g/mol. The first-order valence-corrected chi connectivity index (χ1v) is 21.4. The van der Waals surface area contributed by atoms with Crippen LogP contribution in [-0.2, 0) is 29.5 Å². The zero-order valence-corrected chi connectivity index (χ0v) is 32.4. The van der Waals surface area contributed by atoms with Gasteiger partial charge < -0.3 is 24.8 Å². The third-order valence-corrected chi connectivity index (χ3v) is 13.6. The van der Waals surface area contributed by atoms with Crippen molar-refractivity contribution in [3.05, 3.63) is 175 Å². The molecule has 0 atom stereocenters. The monoisotopic (exact) mass is 822 g/mol. The highest BCUT2D eigenvalue weighted by Gasteiger charge is 2.23. The molecule has 0 heterocycles. The number of benzene rings is 7. The van der Waals surface area contributed by atoms with Gasteiger partial charge in [-0.3, -0.25) is 0 Å². The molecule has 0 amide bonds. The second-order valence-electron chi connectivity index (χ2n) is 12.4. The number of aryl methyl sites for hydroxylation is 1. The standard InChI is InChI=1S/C25H20O5S.C18H14O6S2/c1-18-2-6-20(7-3-18)29-22-10-14-24(15-11-22)31(27,28)25-16-12-23(13-17-25)30-21-8-4-19(26)5-9-21;19-13-4-8-15(9-5-13)25(21,22)17-2-1-3-18(12-17)26(23,24)16-10-6-14(20)7-11-16/h2-17,26H,1H3;1-12,19-20H. The van der Waals surface area contributed by atoms with E-state index in [1.165, 1.54) is 103 Å². The van der Waals surface area contributed by atoms with Crippen molar-refractivity contribution in [2.24, 2.45) is 0 Å². The van der Waals surface area contributed by atoms with Gasteiger partial charge in [0.1, 0.15) is 40.2 Å². The topological polar surface area (TPSA) is 182 Å². The quantitative estimate of drug-likeness (QED) is 0.120. The Morgan fingerprint density at radius 3 is 0.912 bits per heavy atom. The third-order valence-electron chi connectivity index (χ3n) is 8.32. The lowest BCUT2D eigenvalue weighted by Crippen LogP contribution is -2.06. The van der Waals surface area contributed by atoms with E-state index in [1.807, 2.05) is 31.2 Å². The van der Waals surface area contributed by atoms with Crippen LogP contribution in [0.2, 0.25) is 0 Å². The number of hydrogen-bond donors (Lipinski definition) is 3. The summed E-state index contributed by atoms with van der Waals surface area (Å²) >= 11 is 0. The molecule has 0 aliphatic rings. The fourth-order valence-electron chi connectivity index (χ4n) is 5.23. The Kier molecular flexibility index (Phi) is 11.7. The Morgan fingerprint density at radius 1 is 0.333 bits per heavy atom. The zero-order valence-electron chi connectivity index (χ0n) is 30.0. The van der Waals surface area contributed by atoms with E-state index in [2.05, 4.69) is 0 Å². The van der Waals surface area contributed by atoms with Gasteiger partial charge >= 0.3 is 0 Å². The second kappa shape index (κ2) is 16.6. The van der Waals surface area contributed by atoms with Crippen LogP contribution in [0.1, 0.15) is 5.56 Å². The van der Waals surface area contributed by atoms with Gasteiger partial charge in [0, 0.05) is 0 Å². The van der Waals surface area contributed by atoms with Crippen LogP contribution >= 0.6 is 0 Å². The molecule has 290 valence electrons. The summed E-state index contributed by atoms with van der Waals surface area (Å²) in [6.07, 6.45) is 0. The van der Waals surface area contributed by atoms with Crippen molar-refractivity contribution in [1.82, 2.24) is 0 Å². The van der Waals surface area contributed by atoms with Crippen molar-refractivity contribution < 1.29 is 50.0 Å². The van der Waals surface area contributed by atoms with Gasteiger partial charge in [-0.2, -0.15) is 0 Å². The smallest absolute Gasteiger partial charge is 0.206 e. The maximum atomic E-state index is 12.9. The van der Waals surface area contributed by atoms with E-state index >= 15 is 0 Å². The fraction of sp³-hybridized carbons (Fsp3) is 0.0233. The van der Waals surface area contributed by atoms with Crippen molar-refractivity contribution in [1.29, 1.82) is 0 Å². The van der Waals surface area contributed by atoms with E-state index < -0.39 is 29.5 Å². The number of sulfone groups is 3. The molecule has 14 heteroatoms. The lowest BCUT2D eigenvalue weighted by Gasteiger charge is -2.09. The van der Waals surface area contributed by atoms with Crippen molar-refractivity contribution >= 4 is 29.5 Å². The summed E-state index contributed by atoms with van der Waals surface area (Å²) in [5.41, 5.74) is 1.13. The average Bonchev–Trinajstić information content (AvgIpc) is 3.21. The first-order valence-electron chi connectivity index (χ1n) is 17.0. The summed E-state index contributed by atoms with van der Waals surface area (Å²) in [4.78, 5) is -0.135. The summed E-state index contributed by atoms with van der Waals surface area (Å²) in [7, 11) is -11.6. The largest absolute Gasteiger partial charge is 0.508 e. The summed E-state index contributed by atoms with van der Waals surface area (Å²) in [5.74, 6) is 2.26. The number of ether oxygens (including phenoxy) is 2. The maximum absolute atomic E-state index is 12.9. The van der Waals surface area contributed by atoms with E-state index in [0.29, 0.717) is 23.0 Å². The van der Waals surface area contributed by atoms with E-state index in [9.17, 15) is 40.6 Å². The Labute approximate surface area is 330 Å². The number of phenols is 3. The molecule has 7 aromatic carbocycles. The van der Waals surface area contributed by atoms with Gasteiger partial charge in [0.15, 0.2) is 0 Å². The molecule has 57 heavy (non-hydrogen) atoms. The predicted molar refractivity (Wildman–Crippen MR) is 211 cm³/mol. The summed E-state index contributed by atoms with van der Waals surface area (Å²) in [6.45, 7) is 2.00. The van der Waals surface area contributed by atoms with Crippen LogP contribution in [0.3, 0.4) is 0 Å². The molecule has 0 saturated carbocycles. The molecule has 0 spiro atoms. The minimum absolute atomic E-state index is 0.0607. The molecule has 0 radical (unpaired) electrons. The molecule has 0 aliphatic carbocycles. The van der Waals surface area contributed by atoms with Gasteiger partial charge in [0.25, 0.3) is 0 Å². The van der Waals surface area contributed by atoms with Gasteiger partial charge in [0.05, 0.1) is 29.4 Å². The number of phenolic OH excluding ortho intramolecular Hbond substituents is 3. The van der Waals surface area contributed by atoms with Gasteiger partial charge in [0.2, 0.25) is 29.5 Å². The summed E-state index contributed by atoms with van der Waals surface area (Å²) in [5, 5.41) is 27.9. The van der Waals surface area contributed by atoms with E-state index in [-0.39, 0.29) is 46.6 Å². The van der Waals surface area contributed by atoms with Crippen LogP contribution in [0.15, 0.2) is 199 Å². The molecular formula is C43H34O11S3. The van der Waals surface area contributed by atoms with Crippen LogP contribution in [0, 0.1) is 6.92 Å². The molecule has 7 aromatic rings. The van der Waals surface area contributed by atoms with E-state index in [0.717, 1.165) is 11.6 Å². The summed E-state index contributed by atoms with van der Waals surface area (Å²) in [6, 6.07) is 41.4. The highest BCUT2D eigenvalue weighted by molar-refractivity contribution is 7.92. The molecule has 0 aromatic heterocycles. The molecule has 0 bridgehead atoms. The number of aromatic hydroxyl groups is 3. The van der Waals surface area contributed by atoms with Gasteiger partial charge in [-0.15, -0.1) is 0 Å². The maximum Gasteiger partial charge on any atom is 0.206 e. The van der Waals surface area contributed by atoms with Crippen LogP contribution in [0.4, 0.5) is 0 Å². The predicted octanol–water partition coefficient (Wildman–Crippen LogP) is 8.88. The Balaban J connectivity index is 0.000000196. The molecule has 3 N–H and O–H groups in total.